The highest BCUT2D eigenvalue weighted by molar-refractivity contribution is 5.88. The maximum Gasteiger partial charge on any atom is 0.244 e. The summed E-state index contributed by atoms with van der Waals surface area (Å²) in [4.78, 5) is 22.4. The summed E-state index contributed by atoms with van der Waals surface area (Å²) >= 11 is 0. The number of carbonyl (C=O) groups is 1. The lowest BCUT2D eigenvalue weighted by molar-refractivity contribution is -0.117. The predicted molar refractivity (Wildman–Crippen MR) is 74.8 cm³/mol. The van der Waals surface area contributed by atoms with Crippen molar-refractivity contribution in [2.45, 2.75) is 32.7 Å². The summed E-state index contributed by atoms with van der Waals surface area (Å²) in [5, 5.41) is 3.04. The Labute approximate surface area is 113 Å². The zero-order chi connectivity index (χ0) is 13.7. The van der Waals surface area contributed by atoms with E-state index in [1.54, 1.807) is 18.5 Å². The van der Waals surface area contributed by atoms with Gasteiger partial charge < -0.3 is 10.2 Å². The molecule has 1 fully saturated rings. The summed E-state index contributed by atoms with van der Waals surface area (Å²) in [5.74, 6) is 0.726. The van der Waals surface area contributed by atoms with Gasteiger partial charge in [-0.25, -0.2) is 9.97 Å². The summed E-state index contributed by atoms with van der Waals surface area (Å²) < 4.78 is 0. The van der Waals surface area contributed by atoms with Crippen LogP contribution in [0.15, 0.2) is 30.1 Å². The molecule has 1 unspecified atom stereocenters. The molecule has 1 saturated heterocycles. The molecular weight excluding hydrogens is 240 g/mol. The number of hydrogen-bond donors (Lipinski definition) is 1. The number of nitrogens with one attached hydrogen (secondary N) is 1. The van der Waals surface area contributed by atoms with Crippen molar-refractivity contribution in [3.63, 3.8) is 0 Å². The van der Waals surface area contributed by atoms with E-state index in [-0.39, 0.29) is 11.9 Å². The number of rotatable bonds is 3. The number of carbonyl (C=O) groups excluding carboxylic acids is 1. The van der Waals surface area contributed by atoms with Crippen LogP contribution in [-0.4, -0.2) is 35.0 Å². The number of allylic oxidation sites excluding steroid dienone is 1. The lowest BCUT2D eigenvalue weighted by Crippen LogP contribution is -2.48. The van der Waals surface area contributed by atoms with Crippen LogP contribution < -0.4 is 10.2 Å². The van der Waals surface area contributed by atoms with E-state index in [0.717, 1.165) is 37.5 Å². The van der Waals surface area contributed by atoms with Crippen molar-refractivity contribution in [3.8, 4) is 0 Å². The maximum absolute atomic E-state index is 11.7. The third kappa shape index (κ3) is 4.05. The fourth-order valence-corrected chi connectivity index (χ4v) is 2.24. The van der Waals surface area contributed by atoms with Crippen LogP contribution in [0.25, 0.3) is 0 Å². The molecule has 2 heterocycles. The van der Waals surface area contributed by atoms with Crippen LogP contribution in [-0.2, 0) is 4.79 Å². The highest BCUT2D eigenvalue weighted by atomic mass is 16.1. The van der Waals surface area contributed by atoms with E-state index >= 15 is 0 Å². The smallest absolute Gasteiger partial charge is 0.244 e. The Hall–Kier alpha value is -1.91. The molecule has 5 nitrogen and oxygen atoms in total. The van der Waals surface area contributed by atoms with Crippen LogP contribution in [0.3, 0.4) is 0 Å². The first-order valence-electron chi connectivity index (χ1n) is 6.62. The number of amides is 1. The Morgan fingerprint density at radius 1 is 1.42 bits per heavy atom. The second kappa shape index (κ2) is 6.31. The lowest BCUT2D eigenvalue weighted by Gasteiger charge is -2.32. The number of piperidine rings is 1. The average molecular weight is 260 g/mol. The molecule has 1 atom stereocenters. The molecule has 0 aromatic carbocycles. The molecule has 0 spiro atoms. The predicted octanol–water partition coefficient (Wildman–Crippen LogP) is 1.53. The molecule has 0 saturated carbocycles. The van der Waals surface area contributed by atoms with Gasteiger partial charge in [-0.05, 0) is 32.8 Å². The van der Waals surface area contributed by atoms with Crippen molar-refractivity contribution in [1.82, 2.24) is 15.3 Å². The highest BCUT2D eigenvalue weighted by Crippen LogP contribution is 2.15. The van der Waals surface area contributed by atoms with Crippen LogP contribution in [0.4, 0.5) is 5.95 Å². The minimum atomic E-state index is -0.0131. The first-order valence-corrected chi connectivity index (χ1v) is 6.62. The van der Waals surface area contributed by atoms with Crippen LogP contribution in [0.5, 0.6) is 0 Å². The fourth-order valence-electron chi connectivity index (χ4n) is 2.24. The van der Waals surface area contributed by atoms with Gasteiger partial charge >= 0.3 is 0 Å². The van der Waals surface area contributed by atoms with Gasteiger partial charge in [0.05, 0.1) is 0 Å². The molecule has 5 heteroatoms. The molecular formula is C14H20N4O. The van der Waals surface area contributed by atoms with Crippen LogP contribution in [0.1, 0.15) is 26.7 Å². The summed E-state index contributed by atoms with van der Waals surface area (Å²) in [5.41, 5.74) is 1.01. The summed E-state index contributed by atoms with van der Waals surface area (Å²) in [7, 11) is 0. The Kier molecular flexibility index (Phi) is 4.49. The van der Waals surface area contributed by atoms with E-state index in [9.17, 15) is 4.79 Å². The van der Waals surface area contributed by atoms with Crippen LogP contribution >= 0.6 is 0 Å². The van der Waals surface area contributed by atoms with Crippen LogP contribution in [0, 0.1) is 0 Å². The van der Waals surface area contributed by atoms with Gasteiger partial charge in [0, 0.05) is 37.6 Å². The maximum atomic E-state index is 11.7. The van der Waals surface area contributed by atoms with E-state index in [2.05, 4.69) is 20.2 Å². The van der Waals surface area contributed by atoms with Crippen molar-refractivity contribution in [2.24, 2.45) is 0 Å². The van der Waals surface area contributed by atoms with Gasteiger partial charge in [-0.3, -0.25) is 4.79 Å². The molecule has 102 valence electrons. The first-order chi connectivity index (χ1) is 9.15. The zero-order valence-electron chi connectivity index (χ0n) is 11.5. The summed E-state index contributed by atoms with van der Waals surface area (Å²) in [6.07, 6.45) is 7.17. The van der Waals surface area contributed by atoms with E-state index in [1.165, 1.54) is 0 Å². The zero-order valence-corrected chi connectivity index (χ0v) is 11.5. The SMILES string of the molecule is CC(C)=CC(=O)NC1CCCN(c2ncccn2)C1. The average Bonchev–Trinajstić information content (AvgIpc) is 2.39. The molecule has 1 aliphatic heterocycles. The minimum Gasteiger partial charge on any atom is -0.348 e. The standard InChI is InChI=1S/C14H20N4O/c1-11(2)9-13(19)17-12-5-3-8-18(10-12)14-15-6-4-7-16-14/h4,6-7,9,12H,3,5,8,10H2,1-2H3,(H,17,19). The van der Waals surface area contributed by atoms with E-state index in [0.29, 0.717) is 0 Å². The lowest BCUT2D eigenvalue weighted by atomic mass is 10.1. The Balaban J connectivity index is 1.94. The summed E-state index contributed by atoms with van der Waals surface area (Å²) in [6, 6.07) is 1.97. The fraction of sp³-hybridized carbons (Fsp3) is 0.500. The third-order valence-electron chi connectivity index (χ3n) is 3.02. The van der Waals surface area contributed by atoms with Crippen molar-refractivity contribution in [1.29, 1.82) is 0 Å². The van der Waals surface area contributed by atoms with Crippen molar-refractivity contribution < 1.29 is 4.79 Å². The molecule has 1 N–H and O–H groups in total. The minimum absolute atomic E-state index is 0.0131. The number of hydrogen-bond acceptors (Lipinski definition) is 4. The van der Waals surface area contributed by atoms with Gasteiger partial charge in [0.1, 0.15) is 0 Å². The normalized spacial score (nSPS) is 18.8. The van der Waals surface area contributed by atoms with Crippen molar-refractivity contribution in [2.75, 3.05) is 18.0 Å². The van der Waals surface area contributed by atoms with Gasteiger partial charge in [-0.2, -0.15) is 0 Å². The Morgan fingerprint density at radius 3 is 2.84 bits per heavy atom. The molecule has 1 aromatic heterocycles. The van der Waals surface area contributed by atoms with Gasteiger partial charge in [0.15, 0.2) is 0 Å². The topological polar surface area (TPSA) is 58.1 Å². The number of anilines is 1. The van der Waals surface area contributed by atoms with Gasteiger partial charge in [0.2, 0.25) is 11.9 Å². The van der Waals surface area contributed by atoms with Gasteiger partial charge in [-0.15, -0.1) is 0 Å². The monoisotopic (exact) mass is 260 g/mol. The number of nitrogens with zero attached hydrogens (tertiary/aromatic N) is 3. The van der Waals surface area contributed by atoms with Crippen molar-refractivity contribution in [3.05, 3.63) is 30.1 Å². The summed E-state index contributed by atoms with van der Waals surface area (Å²) in [6.45, 7) is 5.56. The van der Waals surface area contributed by atoms with E-state index in [4.69, 9.17) is 0 Å². The van der Waals surface area contributed by atoms with E-state index < -0.39 is 0 Å². The van der Waals surface area contributed by atoms with Gasteiger partial charge in [0.25, 0.3) is 0 Å². The molecule has 0 bridgehead atoms. The molecule has 1 aromatic rings. The Morgan fingerprint density at radius 2 is 2.16 bits per heavy atom. The number of aromatic nitrogens is 2. The molecule has 0 radical (unpaired) electrons. The largest absolute Gasteiger partial charge is 0.348 e. The molecule has 19 heavy (non-hydrogen) atoms. The second-order valence-corrected chi connectivity index (χ2v) is 5.06. The molecule has 2 rings (SSSR count). The Bertz CT molecular complexity index is 454. The second-order valence-electron chi connectivity index (χ2n) is 5.06. The van der Waals surface area contributed by atoms with Crippen LogP contribution in [0.2, 0.25) is 0 Å². The van der Waals surface area contributed by atoms with Gasteiger partial charge in [-0.1, -0.05) is 5.57 Å². The molecule has 1 aliphatic rings. The molecule has 0 aliphatic carbocycles. The van der Waals surface area contributed by atoms with E-state index in [1.807, 2.05) is 19.9 Å². The first kappa shape index (κ1) is 13.5. The third-order valence-corrected chi connectivity index (χ3v) is 3.02. The van der Waals surface area contributed by atoms with Crippen molar-refractivity contribution >= 4 is 11.9 Å². The quantitative estimate of drug-likeness (QED) is 0.837. The molecule has 1 amide bonds. The highest BCUT2D eigenvalue weighted by Gasteiger charge is 2.22.